The molecule has 0 amide bonds. The van der Waals surface area contributed by atoms with Crippen LogP contribution in [0.1, 0.15) is 74.7 Å². The van der Waals surface area contributed by atoms with Gasteiger partial charge in [-0.1, -0.05) is 39.0 Å². The first kappa shape index (κ1) is 19.5. The third-order valence-electron chi connectivity index (χ3n) is 4.13. The van der Waals surface area contributed by atoms with Crippen LogP contribution >= 0.6 is 0 Å². The molecule has 3 atom stereocenters. The van der Waals surface area contributed by atoms with E-state index in [9.17, 15) is 5.11 Å². The maximum atomic E-state index is 11.1. The summed E-state index contributed by atoms with van der Waals surface area (Å²) in [6, 6.07) is 0. The molecule has 1 aliphatic carbocycles. The predicted octanol–water partition coefficient (Wildman–Crippen LogP) is 4.34. The Morgan fingerprint density at radius 2 is 1.68 bits per heavy atom. The second-order valence-corrected chi connectivity index (χ2v) is 8.70. The van der Waals surface area contributed by atoms with Gasteiger partial charge in [0.1, 0.15) is 5.60 Å². The van der Waals surface area contributed by atoms with Gasteiger partial charge in [-0.2, -0.15) is 0 Å². The molecule has 0 bridgehead atoms. The normalized spacial score (nSPS) is 30.1. The minimum Gasteiger partial charge on any atom is -0.377 e. The van der Waals surface area contributed by atoms with Crippen molar-refractivity contribution in [2.24, 2.45) is 17.8 Å². The summed E-state index contributed by atoms with van der Waals surface area (Å²) >= 11 is 0. The first-order valence-electron chi connectivity index (χ1n) is 8.48. The highest BCUT2D eigenvalue weighted by atomic mass is 17.2. The average Bonchev–Trinajstić information content (AvgIpc) is 2.33. The van der Waals surface area contributed by atoms with Gasteiger partial charge in [0, 0.05) is 5.92 Å². The second kappa shape index (κ2) is 6.91. The Morgan fingerprint density at radius 3 is 2.18 bits per heavy atom. The molecule has 0 aromatic carbocycles. The maximum Gasteiger partial charge on any atom is 0.158 e. The quantitative estimate of drug-likeness (QED) is 0.479. The first-order chi connectivity index (χ1) is 9.85. The van der Waals surface area contributed by atoms with E-state index in [2.05, 4.69) is 32.6 Å². The van der Waals surface area contributed by atoms with Crippen molar-refractivity contribution in [2.75, 3.05) is 0 Å². The van der Waals surface area contributed by atoms with E-state index < -0.39 is 11.2 Å². The number of rotatable bonds is 3. The molecule has 0 aromatic rings. The smallest absolute Gasteiger partial charge is 0.158 e. The summed E-state index contributed by atoms with van der Waals surface area (Å²) in [5, 5.41) is 11.1. The van der Waals surface area contributed by atoms with Crippen LogP contribution in [0.2, 0.25) is 0 Å². The molecule has 1 aliphatic rings. The third-order valence-corrected chi connectivity index (χ3v) is 4.13. The molecule has 1 N–H and O–H groups in total. The summed E-state index contributed by atoms with van der Waals surface area (Å²) in [6.07, 6.45) is 2.93. The summed E-state index contributed by atoms with van der Waals surface area (Å²) in [5.74, 6) is 7.38. The van der Waals surface area contributed by atoms with Gasteiger partial charge in [0.2, 0.25) is 0 Å². The summed E-state index contributed by atoms with van der Waals surface area (Å²) in [6.45, 7) is 16.0. The first-order valence-corrected chi connectivity index (χ1v) is 8.48. The molecule has 22 heavy (non-hydrogen) atoms. The Labute approximate surface area is 136 Å². The van der Waals surface area contributed by atoms with Gasteiger partial charge < -0.3 is 5.11 Å². The lowest BCUT2D eigenvalue weighted by Gasteiger charge is -2.41. The van der Waals surface area contributed by atoms with E-state index in [0.29, 0.717) is 11.8 Å². The van der Waals surface area contributed by atoms with Gasteiger partial charge >= 0.3 is 0 Å². The average molecular weight is 310 g/mol. The van der Waals surface area contributed by atoms with Crippen molar-refractivity contribution in [3.05, 3.63) is 0 Å². The number of hydrogen-bond acceptors (Lipinski definition) is 3. The molecule has 3 heteroatoms. The topological polar surface area (TPSA) is 38.7 Å². The van der Waals surface area contributed by atoms with E-state index in [1.54, 1.807) is 0 Å². The number of aliphatic hydroxyl groups is 1. The molecule has 1 fully saturated rings. The van der Waals surface area contributed by atoms with Crippen molar-refractivity contribution in [3.63, 3.8) is 0 Å². The highest BCUT2D eigenvalue weighted by molar-refractivity contribution is 5.22. The van der Waals surface area contributed by atoms with Crippen LogP contribution in [-0.2, 0) is 9.78 Å². The molecule has 1 saturated carbocycles. The Morgan fingerprint density at radius 1 is 1.09 bits per heavy atom. The van der Waals surface area contributed by atoms with Crippen molar-refractivity contribution in [1.29, 1.82) is 0 Å². The van der Waals surface area contributed by atoms with Crippen molar-refractivity contribution in [2.45, 2.75) is 91.5 Å². The molecular weight excluding hydrogens is 276 g/mol. The van der Waals surface area contributed by atoms with E-state index in [-0.39, 0.29) is 11.5 Å². The van der Waals surface area contributed by atoms with Gasteiger partial charge in [-0.05, 0) is 59.3 Å². The van der Waals surface area contributed by atoms with Crippen LogP contribution in [0.3, 0.4) is 0 Å². The molecule has 0 saturated heterocycles. The molecule has 3 nitrogen and oxygen atoms in total. The highest BCUT2D eigenvalue weighted by Gasteiger charge is 2.42. The maximum absolute atomic E-state index is 11.1. The van der Waals surface area contributed by atoms with Crippen LogP contribution in [0.5, 0.6) is 0 Å². The van der Waals surface area contributed by atoms with Gasteiger partial charge in [0.25, 0.3) is 0 Å². The van der Waals surface area contributed by atoms with Crippen molar-refractivity contribution < 1.29 is 14.9 Å². The van der Waals surface area contributed by atoms with Crippen LogP contribution < -0.4 is 0 Å². The van der Waals surface area contributed by atoms with E-state index in [4.69, 9.17) is 9.78 Å². The van der Waals surface area contributed by atoms with Gasteiger partial charge in [0.15, 0.2) is 5.60 Å². The zero-order valence-corrected chi connectivity index (χ0v) is 15.6. The van der Waals surface area contributed by atoms with Crippen LogP contribution in [0.25, 0.3) is 0 Å². The molecule has 0 spiro atoms. The molecule has 0 radical (unpaired) electrons. The molecule has 0 aliphatic heterocycles. The van der Waals surface area contributed by atoms with Crippen LogP contribution in [0.4, 0.5) is 0 Å². The summed E-state index contributed by atoms with van der Waals surface area (Å²) < 4.78 is 0. The predicted molar refractivity (Wildman–Crippen MR) is 90.1 cm³/mol. The lowest BCUT2D eigenvalue weighted by Crippen LogP contribution is -2.44. The largest absolute Gasteiger partial charge is 0.377 e. The van der Waals surface area contributed by atoms with Crippen molar-refractivity contribution in [3.8, 4) is 11.8 Å². The summed E-state index contributed by atoms with van der Waals surface area (Å²) in [4.78, 5) is 10.8. The van der Waals surface area contributed by atoms with Gasteiger partial charge in [-0.3, -0.25) is 0 Å². The fraction of sp³-hybridized carbons (Fsp3) is 0.895. The Balaban J connectivity index is 2.89. The molecule has 128 valence electrons. The lowest BCUT2D eigenvalue weighted by atomic mass is 9.67. The molecule has 1 rings (SSSR count). The second-order valence-electron chi connectivity index (χ2n) is 8.70. The van der Waals surface area contributed by atoms with Crippen LogP contribution in [-0.4, -0.2) is 21.9 Å². The van der Waals surface area contributed by atoms with Crippen molar-refractivity contribution >= 4 is 0 Å². The van der Waals surface area contributed by atoms with E-state index in [1.807, 2.05) is 34.6 Å². The molecule has 0 heterocycles. The van der Waals surface area contributed by atoms with E-state index in [1.165, 1.54) is 6.42 Å². The minimum atomic E-state index is -0.922. The zero-order valence-electron chi connectivity index (χ0n) is 15.6. The monoisotopic (exact) mass is 310 g/mol. The van der Waals surface area contributed by atoms with Crippen LogP contribution in [0, 0.1) is 29.6 Å². The lowest BCUT2D eigenvalue weighted by molar-refractivity contribution is -0.384. The Hall–Kier alpha value is -0.560. The Kier molecular flexibility index (Phi) is 6.12. The fourth-order valence-corrected chi connectivity index (χ4v) is 3.02. The molecule has 0 unspecified atom stereocenters. The highest BCUT2D eigenvalue weighted by Crippen LogP contribution is 2.40. The molecular formula is C19H34O3. The molecule has 0 aromatic heterocycles. The summed E-state index contributed by atoms with van der Waals surface area (Å²) in [7, 11) is 0. The summed E-state index contributed by atoms with van der Waals surface area (Å²) in [5.41, 5.74) is -2.05. The van der Waals surface area contributed by atoms with E-state index in [0.717, 1.165) is 12.8 Å². The standard InChI is InChI=1S/C19H34O3/c1-14(2)16-10-9-15(3)13-19(16,20)12-11-18(7,8)22-21-17(4,5)6/h14-16,20H,9-10,13H2,1-8H3/t15-,16+,19-/m0/s1. The third kappa shape index (κ3) is 5.91. The number of hydrogen-bond donors (Lipinski definition) is 1. The van der Waals surface area contributed by atoms with Crippen molar-refractivity contribution in [1.82, 2.24) is 0 Å². The van der Waals surface area contributed by atoms with Crippen LogP contribution in [0.15, 0.2) is 0 Å². The fourth-order valence-electron chi connectivity index (χ4n) is 3.02. The zero-order chi connectivity index (χ0) is 17.2. The Bertz CT molecular complexity index is 422. The van der Waals surface area contributed by atoms with Gasteiger partial charge in [-0.25, -0.2) is 9.78 Å². The minimum absolute atomic E-state index is 0.218. The SMILES string of the molecule is CC(C)[C@H]1CC[C@H](C)C[C@@]1(O)C#CC(C)(C)OOC(C)(C)C. The van der Waals surface area contributed by atoms with Gasteiger partial charge in [0.05, 0.1) is 5.60 Å². The van der Waals surface area contributed by atoms with E-state index >= 15 is 0 Å². The van der Waals surface area contributed by atoms with Gasteiger partial charge in [-0.15, -0.1) is 0 Å².